The molecule has 1 aromatic carbocycles. The lowest BCUT2D eigenvalue weighted by atomic mass is 9.77. The molecule has 1 N–H and O–H groups in total. The molecule has 1 aliphatic carbocycles. The number of benzene rings is 1. The van der Waals surface area contributed by atoms with E-state index in [-0.39, 0.29) is 12.2 Å². The van der Waals surface area contributed by atoms with Crippen LogP contribution >= 0.6 is 0 Å². The fourth-order valence-corrected chi connectivity index (χ4v) is 3.25. The van der Waals surface area contributed by atoms with Gasteiger partial charge in [-0.2, -0.15) is 0 Å². The fraction of sp³-hybridized carbons (Fsp3) is 0.667. The topological polar surface area (TPSA) is 29.5 Å². The molecule has 0 radical (unpaired) electrons. The molecule has 2 rings (SSSR count). The quantitative estimate of drug-likeness (QED) is 0.843. The smallest absolute Gasteiger partial charge is 0.125 e. The zero-order valence-corrected chi connectivity index (χ0v) is 13.0. The summed E-state index contributed by atoms with van der Waals surface area (Å²) in [7, 11) is 0. The Morgan fingerprint density at radius 3 is 2.40 bits per heavy atom. The first-order valence-electron chi connectivity index (χ1n) is 8.05. The van der Waals surface area contributed by atoms with Gasteiger partial charge in [-0.1, -0.05) is 44.4 Å². The van der Waals surface area contributed by atoms with Gasteiger partial charge in [-0.05, 0) is 44.6 Å². The van der Waals surface area contributed by atoms with Crippen LogP contribution in [0.4, 0.5) is 0 Å². The van der Waals surface area contributed by atoms with Crippen molar-refractivity contribution in [3.8, 4) is 5.75 Å². The molecule has 2 heteroatoms. The van der Waals surface area contributed by atoms with Crippen molar-refractivity contribution in [3.63, 3.8) is 0 Å². The van der Waals surface area contributed by atoms with Gasteiger partial charge in [-0.25, -0.2) is 0 Å². The molecule has 20 heavy (non-hydrogen) atoms. The summed E-state index contributed by atoms with van der Waals surface area (Å²) in [6, 6.07) is 7.94. The summed E-state index contributed by atoms with van der Waals surface area (Å²) in [6.45, 7) is 6.32. The van der Waals surface area contributed by atoms with Gasteiger partial charge in [0.05, 0.1) is 12.2 Å². The maximum atomic E-state index is 10.7. The zero-order valence-electron chi connectivity index (χ0n) is 13.0. The van der Waals surface area contributed by atoms with Crippen LogP contribution in [0, 0.1) is 11.8 Å². The summed E-state index contributed by atoms with van der Waals surface area (Å²) in [5.74, 6) is 2.09. The molecule has 0 saturated heterocycles. The van der Waals surface area contributed by atoms with Crippen LogP contribution in [-0.4, -0.2) is 11.2 Å². The Bertz CT molecular complexity index is 406. The molecule has 0 bridgehead atoms. The van der Waals surface area contributed by atoms with Crippen LogP contribution in [-0.2, 0) is 0 Å². The normalized spacial score (nSPS) is 24.6. The molecular formula is C18H28O2. The van der Waals surface area contributed by atoms with E-state index in [0.29, 0.717) is 5.92 Å². The Kier molecular flexibility index (Phi) is 5.47. The lowest BCUT2D eigenvalue weighted by molar-refractivity contribution is 0.0692. The molecule has 1 aliphatic rings. The summed E-state index contributed by atoms with van der Waals surface area (Å²) >= 11 is 0. The van der Waals surface area contributed by atoms with E-state index >= 15 is 0 Å². The van der Waals surface area contributed by atoms with Gasteiger partial charge in [-0.3, -0.25) is 0 Å². The zero-order chi connectivity index (χ0) is 14.5. The first-order valence-corrected chi connectivity index (χ1v) is 8.05. The predicted molar refractivity (Wildman–Crippen MR) is 82.9 cm³/mol. The molecule has 2 nitrogen and oxygen atoms in total. The van der Waals surface area contributed by atoms with E-state index < -0.39 is 0 Å². The van der Waals surface area contributed by atoms with E-state index in [1.54, 1.807) is 0 Å². The number of hydrogen-bond acceptors (Lipinski definition) is 2. The average molecular weight is 276 g/mol. The van der Waals surface area contributed by atoms with Gasteiger partial charge in [0, 0.05) is 5.56 Å². The standard InChI is InChI=1S/C18H28O2/c1-4-14-9-11-15(12-10-14)18(19)16-7-5-6-8-17(16)20-13(2)3/h5-8,13-15,18-19H,4,9-12H2,1-3H3. The second-order valence-corrected chi connectivity index (χ2v) is 6.34. The molecule has 0 amide bonds. The Labute approximate surface area is 123 Å². The molecule has 0 aromatic heterocycles. The maximum Gasteiger partial charge on any atom is 0.125 e. The SMILES string of the molecule is CCC1CCC(C(O)c2ccccc2OC(C)C)CC1. The second kappa shape index (κ2) is 7.12. The van der Waals surface area contributed by atoms with Crippen molar-refractivity contribution < 1.29 is 9.84 Å². The van der Waals surface area contributed by atoms with E-state index in [4.69, 9.17) is 4.74 Å². The third kappa shape index (κ3) is 3.76. The first-order chi connectivity index (χ1) is 9.61. The van der Waals surface area contributed by atoms with Crippen molar-refractivity contribution >= 4 is 0 Å². The Morgan fingerprint density at radius 1 is 1.15 bits per heavy atom. The van der Waals surface area contributed by atoms with Gasteiger partial charge >= 0.3 is 0 Å². The molecule has 0 spiro atoms. The minimum absolute atomic E-state index is 0.138. The average Bonchev–Trinajstić information content (AvgIpc) is 2.46. The van der Waals surface area contributed by atoms with Crippen LogP contribution in [0.5, 0.6) is 5.75 Å². The Balaban J connectivity index is 2.07. The minimum atomic E-state index is -0.386. The van der Waals surface area contributed by atoms with Crippen LogP contribution < -0.4 is 4.74 Å². The molecule has 0 aliphatic heterocycles. The largest absolute Gasteiger partial charge is 0.491 e. The van der Waals surface area contributed by atoms with Gasteiger partial charge in [0.2, 0.25) is 0 Å². The van der Waals surface area contributed by atoms with Gasteiger partial charge in [-0.15, -0.1) is 0 Å². The molecule has 1 atom stereocenters. The third-order valence-corrected chi connectivity index (χ3v) is 4.52. The van der Waals surface area contributed by atoms with Crippen molar-refractivity contribution in [2.75, 3.05) is 0 Å². The monoisotopic (exact) mass is 276 g/mol. The number of aliphatic hydroxyl groups is 1. The number of aliphatic hydroxyl groups excluding tert-OH is 1. The van der Waals surface area contributed by atoms with Gasteiger partial charge in [0.15, 0.2) is 0 Å². The van der Waals surface area contributed by atoms with Crippen molar-refractivity contribution in [2.45, 2.75) is 65.1 Å². The molecule has 0 heterocycles. The maximum absolute atomic E-state index is 10.7. The number of ether oxygens (including phenoxy) is 1. The highest BCUT2D eigenvalue weighted by Gasteiger charge is 2.28. The highest BCUT2D eigenvalue weighted by atomic mass is 16.5. The van der Waals surface area contributed by atoms with E-state index in [0.717, 1.165) is 30.1 Å². The number of rotatable bonds is 5. The summed E-state index contributed by atoms with van der Waals surface area (Å²) in [4.78, 5) is 0. The van der Waals surface area contributed by atoms with Crippen molar-refractivity contribution in [3.05, 3.63) is 29.8 Å². The van der Waals surface area contributed by atoms with Crippen LogP contribution in [0.1, 0.15) is 64.5 Å². The molecule has 1 saturated carbocycles. The lowest BCUT2D eigenvalue weighted by Crippen LogP contribution is -2.21. The van der Waals surface area contributed by atoms with E-state index in [9.17, 15) is 5.11 Å². The van der Waals surface area contributed by atoms with E-state index in [1.165, 1.54) is 19.3 Å². The molecule has 112 valence electrons. The third-order valence-electron chi connectivity index (χ3n) is 4.52. The van der Waals surface area contributed by atoms with Crippen LogP contribution in [0.25, 0.3) is 0 Å². The van der Waals surface area contributed by atoms with Gasteiger partial charge < -0.3 is 9.84 Å². The van der Waals surface area contributed by atoms with Crippen LogP contribution in [0.3, 0.4) is 0 Å². The number of para-hydroxylation sites is 1. The molecule has 1 aromatic rings. The van der Waals surface area contributed by atoms with E-state index in [2.05, 4.69) is 6.92 Å². The highest BCUT2D eigenvalue weighted by Crippen LogP contribution is 2.40. The number of hydrogen-bond donors (Lipinski definition) is 1. The Morgan fingerprint density at radius 2 is 1.80 bits per heavy atom. The summed E-state index contributed by atoms with van der Waals surface area (Å²) in [5, 5.41) is 10.7. The highest BCUT2D eigenvalue weighted by molar-refractivity contribution is 5.35. The summed E-state index contributed by atoms with van der Waals surface area (Å²) in [6.07, 6.45) is 5.81. The van der Waals surface area contributed by atoms with Crippen molar-refractivity contribution in [1.82, 2.24) is 0 Å². The van der Waals surface area contributed by atoms with Crippen LogP contribution in [0.15, 0.2) is 24.3 Å². The second-order valence-electron chi connectivity index (χ2n) is 6.34. The van der Waals surface area contributed by atoms with Crippen LogP contribution in [0.2, 0.25) is 0 Å². The van der Waals surface area contributed by atoms with Gasteiger partial charge in [0.1, 0.15) is 5.75 Å². The van der Waals surface area contributed by atoms with E-state index in [1.807, 2.05) is 38.1 Å². The summed E-state index contributed by atoms with van der Waals surface area (Å²) < 4.78 is 5.84. The minimum Gasteiger partial charge on any atom is -0.491 e. The van der Waals surface area contributed by atoms with Crippen molar-refractivity contribution in [1.29, 1.82) is 0 Å². The molecule has 1 unspecified atom stereocenters. The molecule has 1 fully saturated rings. The predicted octanol–water partition coefficient (Wildman–Crippen LogP) is 4.72. The van der Waals surface area contributed by atoms with Crippen molar-refractivity contribution in [2.24, 2.45) is 11.8 Å². The fourth-order valence-electron chi connectivity index (χ4n) is 3.25. The lowest BCUT2D eigenvalue weighted by Gasteiger charge is -2.32. The molecular weight excluding hydrogens is 248 g/mol. The first kappa shape index (κ1) is 15.4. The Hall–Kier alpha value is -1.02. The summed E-state index contributed by atoms with van der Waals surface area (Å²) in [5.41, 5.74) is 0.959. The van der Waals surface area contributed by atoms with Gasteiger partial charge in [0.25, 0.3) is 0 Å².